The molecule has 4 rings (SSSR count). The highest BCUT2D eigenvalue weighted by Crippen LogP contribution is 2.27. The van der Waals surface area contributed by atoms with Gasteiger partial charge in [-0.15, -0.1) is 0 Å². The van der Waals surface area contributed by atoms with Crippen LogP contribution in [0.5, 0.6) is 0 Å². The predicted octanol–water partition coefficient (Wildman–Crippen LogP) is 4.02. The average molecular weight is 441 g/mol. The number of nitrogens with zero attached hydrogens (tertiary/aromatic N) is 1. The van der Waals surface area contributed by atoms with E-state index in [0.717, 1.165) is 11.1 Å². The van der Waals surface area contributed by atoms with Crippen LogP contribution < -0.4 is 5.32 Å². The molecule has 0 unspecified atom stereocenters. The molecule has 1 aliphatic rings. The van der Waals surface area contributed by atoms with Crippen molar-refractivity contribution in [2.45, 2.75) is 24.4 Å². The predicted molar refractivity (Wildman–Crippen MR) is 117 cm³/mol. The average Bonchev–Trinajstić information content (AvgIpc) is 2.78. The summed E-state index contributed by atoms with van der Waals surface area (Å²) in [5, 5.41) is 3.01. The molecule has 0 bridgehead atoms. The van der Waals surface area contributed by atoms with Crippen LogP contribution in [0.25, 0.3) is 0 Å². The van der Waals surface area contributed by atoms with Crippen LogP contribution in [0.3, 0.4) is 0 Å². The molecule has 1 N–H and O–H groups in total. The number of nitrogens with one attached hydrogen (secondary N) is 1. The van der Waals surface area contributed by atoms with Crippen molar-refractivity contribution in [1.82, 2.24) is 9.62 Å². The first-order chi connectivity index (χ1) is 14.4. The molecule has 3 aromatic rings. The topological polar surface area (TPSA) is 66.5 Å². The standard InChI is InChI=1S/C23H21ClN2O3S/c24-22-11-10-20(14-21(22)23(27)25-15-17-6-2-1-3-7-17)30(28,29)26-13-12-18-8-4-5-9-19(18)16-26/h1-11,14H,12-13,15-16H2,(H,25,27). The van der Waals surface area contributed by atoms with Crippen LogP contribution in [0.1, 0.15) is 27.0 Å². The molecule has 1 aliphatic heterocycles. The van der Waals surface area contributed by atoms with Gasteiger partial charge in [0.2, 0.25) is 10.0 Å². The summed E-state index contributed by atoms with van der Waals surface area (Å²) in [6, 6.07) is 21.6. The zero-order chi connectivity index (χ0) is 21.1. The maximum absolute atomic E-state index is 13.2. The lowest BCUT2D eigenvalue weighted by molar-refractivity contribution is 0.0951. The second-order valence-corrected chi connectivity index (χ2v) is 9.51. The molecule has 0 spiro atoms. The minimum absolute atomic E-state index is 0.0659. The van der Waals surface area contributed by atoms with Crippen molar-refractivity contribution in [1.29, 1.82) is 0 Å². The molecule has 0 saturated carbocycles. The van der Waals surface area contributed by atoms with Crippen molar-refractivity contribution in [2.75, 3.05) is 6.54 Å². The van der Waals surface area contributed by atoms with Gasteiger partial charge in [-0.3, -0.25) is 4.79 Å². The van der Waals surface area contributed by atoms with Crippen molar-refractivity contribution in [2.24, 2.45) is 0 Å². The molecule has 0 aliphatic carbocycles. The lowest BCUT2D eigenvalue weighted by Gasteiger charge is -2.28. The Bertz CT molecular complexity index is 1180. The number of sulfonamides is 1. The molecular formula is C23H21ClN2O3S. The van der Waals surface area contributed by atoms with E-state index in [0.29, 0.717) is 26.1 Å². The highest BCUT2D eigenvalue weighted by atomic mass is 35.5. The van der Waals surface area contributed by atoms with E-state index in [-0.39, 0.29) is 15.5 Å². The summed E-state index contributed by atoms with van der Waals surface area (Å²) in [4.78, 5) is 12.7. The van der Waals surface area contributed by atoms with E-state index in [1.165, 1.54) is 28.1 Å². The van der Waals surface area contributed by atoms with Crippen LogP contribution in [0.4, 0.5) is 0 Å². The monoisotopic (exact) mass is 440 g/mol. The number of rotatable bonds is 5. The fourth-order valence-electron chi connectivity index (χ4n) is 3.54. The van der Waals surface area contributed by atoms with E-state index in [9.17, 15) is 13.2 Å². The summed E-state index contributed by atoms with van der Waals surface area (Å²) < 4.78 is 27.9. The molecule has 0 saturated heterocycles. The van der Waals surface area contributed by atoms with Crippen molar-refractivity contribution < 1.29 is 13.2 Å². The number of hydrogen-bond acceptors (Lipinski definition) is 3. The van der Waals surface area contributed by atoms with Gasteiger partial charge in [-0.25, -0.2) is 8.42 Å². The molecule has 3 aromatic carbocycles. The lowest BCUT2D eigenvalue weighted by Crippen LogP contribution is -2.36. The van der Waals surface area contributed by atoms with E-state index in [1.54, 1.807) is 0 Å². The lowest BCUT2D eigenvalue weighted by atomic mass is 10.0. The van der Waals surface area contributed by atoms with E-state index < -0.39 is 15.9 Å². The smallest absolute Gasteiger partial charge is 0.253 e. The zero-order valence-corrected chi connectivity index (χ0v) is 17.8. The summed E-state index contributed by atoms with van der Waals surface area (Å²) in [5.74, 6) is -0.412. The highest BCUT2D eigenvalue weighted by Gasteiger charge is 2.29. The number of benzene rings is 3. The van der Waals surface area contributed by atoms with Crippen LogP contribution in [-0.2, 0) is 29.5 Å². The number of fused-ring (bicyclic) bond motifs is 1. The Kier molecular flexibility index (Phi) is 5.90. The molecule has 0 radical (unpaired) electrons. The molecule has 5 nitrogen and oxygen atoms in total. The Morgan fingerprint density at radius 3 is 2.43 bits per heavy atom. The van der Waals surface area contributed by atoms with Gasteiger partial charge >= 0.3 is 0 Å². The van der Waals surface area contributed by atoms with Gasteiger partial charge in [0.25, 0.3) is 5.91 Å². The maximum atomic E-state index is 13.2. The van der Waals surface area contributed by atoms with E-state index in [2.05, 4.69) is 5.32 Å². The number of hydrogen-bond donors (Lipinski definition) is 1. The molecule has 7 heteroatoms. The first-order valence-electron chi connectivity index (χ1n) is 9.64. The van der Waals surface area contributed by atoms with Gasteiger partial charge in [0.15, 0.2) is 0 Å². The molecule has 1 amide bonds. The third kappa shape index (κ3) is 4.26. The van der Waals surface area contributed by atoms with Gasteiger partial charge in [0.1, 0.15) is 0 Å². The summed E-state index contributed by atoms with van der Waals surface area (Å²) in [5.41, 5.74) is 3.26. The largest absolute Gasteiger partial charge is 0.348 e. The first-order valence-corrected chi connectivity index (χ1v) is 11.5. The molecule has 1 heterocycles. The molecule has 30 heavy (non-hydrogen) atoms. The van der Waals surface area contributed by atoms with Crippen molar-refractivity contribution >= 4 is 27.5 Å². The molecule has 0 fully saturated rings. The third-order valence-electron chi connectivity index (χ3n) is 5.21. The van der Waals surface area contributed by atoms with Crippen molar-refractivity contribution in [3.8, 4) is 0 Å². The minimum atomic E-state index is -3.75. The number of carbonyl (C=O) groups excluding carboxylic acids is 1. The molecule has 154 valence electrons. The van der Waals surface area contributed by atoms with Gasteiger partial charge in [-0.05, 0) is 41.3 Å². The molecule has 0 atom stereocenters. The summed E-state index contributed by atoms with van der Waals surface area (Å²) in [6.07, 6.45) is 0.660. The normalized spacial score (nSPS) is 14.2. The second-order valence-electron chi connectivity index (χ2n) is 7.17. The number of halogens is 1. The van der Waals surface area contributed by atoms with Gasteiger partial charge in [-0.2, -0.15) is 4.31 Å². The van der Waals surface area contributed by atoms with Crippen LogP contribution >= 0.6 is 11.6 Å². The maximum Gasteiger partial charge on any atom is 0.253 e. The van der Waals surface area contributed by atoms with Crippen molar-refractivity contribution in [3.05, 3.63) is 100 Å². The van der Waals surface area contributed by atoms with Crippen LogP contribution in [0.2, 0.25) is 5.02 Å². The second kappa shape index (κ2) is 8.60. The molecule has 0 aromatic heterocycles. The van der Waals surface area contributed by atoms with Crippen LogP contribution in [-0.4, -0.2) is 25.2 Å². The Hall–Kier alpha value is -2.67. The minimum Gasteiger partial charge on any atom is -0.348 e. The van der Waals surface area contributed by atoms with Gasteiger partial charge in [0, 0.05) is 19.6 Å². The quantitative estimate of drug-likeness (QED) is 0.651. The zero-order valence-electron chi connectivity index (χ0n) is 16.2. The number of carbonyl (C=O) groups is 1. The Morgan fingerprint density at radius 1 is 0.967 bits per heavy atom. The van der Waals surface area contributed by atoms with E-state index in [4.69, 9.17) is 11.6 Å². The van der Waals surface area contributed by atoms with Crippen molar-refractivity contribution in [3.63, 3.8) is 0 Å². The SMILES string of the molecule is O=C(NCc1ccccc1)c1cc(S(=O)(=O)N2CCc3ccccc3C2)ccc1Cl. The third-order valence-corrected chi connectivity index (χ3v) is 7.38. The Morgan fingerprint density at radius 2 is 1.67 bits per heavy atom. The molecular weight excluding hydrogens is 420 g/mol. The first kappa shape index (κ1) is 20.6. The highest BCUT2D eigenvalue weighted by molar-refractivity contribution is 7.89. The van der Waals surface area contributed by atoms with Gasteiger partial charge in [0.05, 0.1) is 15.5 Å². The fourth-order valence-corrected chi connectivity index (χ4v) is 5.19. The summed E-state index contributed by atoms with van der Waals surface area (Å²) in [7, 11) is -3.75. The Labute approximate surface area is 181 Å². The fraction of sp³-hybridized carbons (Fsp3) is 0.174. The summed E-state index contributed by atoms with van der Waals surface area (Å²) >= 11 is 6.21. The van der Waals surface area contributed by atoms with E-state index >= 15 is 0 Å². The van der Waals surface area contributed by atoms with Crippen LogP contribution in [0, 0.1) is 0 Å². The van der Waals surface area contributed by atoms with Gasteiger partial charge < -0.3 is 5.32 Å². The Balaban J connectivity index is 1.55. The summed E-state index contributed by atoms with van der Waals surface area (Å²) in [6.45, 7) is 1.05. The van der Waals surface area contributed by atoms with Crippen LogP contribution in [0.15, 0.2) is 77.7 Å². The van der Waals surface area contributed by atoms with E-state index in [1.807, 2.05) is 54.6 Å². The number of amides is 1. The van der Waals surface area contributed by atoms with Gasteiger partial charge in [-0.1, -0.05) is 66.2 Å².